The Bertz CT molecular complexity index is 963. The number of hydrogen-bond donors (Lipinski definition) is 3. The lowest BCUT2D eigenvalue weighted by molar-refractivity contribution is -0.137. The van der Waals surface area contributed by atoms with Crippen LogP contribution in [0, 0.1) is 5.82 Å². The van der Waals surface area contributed by atoms with Crippen molar-refractivity contribution in [3.63, 3.8) is 0 Å². The first-order valence-corrected chi connectivity index (χ1v) is 9.23. The number of carbonyl (C=O) groups is 3. The summed E-state index contributed by atoms with van der Waals surface area (Å²) in [6.45, 7) is 1.16. The fraction of sp³-hybridized carbons (Fsp3) is 0.286. The van der Waals surface area contributed by atoms with E-state index in [1.54, 1.807) is 6.07 Å². The standard InChI is InChI=1S/C21H21F4N3O3/c1-12(29)27-18(11-14-6-2-3-8-16(14)22)20(31)28-17(19(26)30)10-13-5-4-7-15(9-13)21(23,24)25/h2-9,17-18H,10-11H2,1H3,(H2,26,30)(H,27,29)(H,28,31)/t17-,18+/m0/s1. The number of rotatable bonds is 8. The zero-order chi connectivity index (χ0) is 23.2. The van der Waals surface area contributed by atoms with Crippen molar-refractivity contribution in [1.29, 1.82) is 0 Å². The second-order valence-electron chi connectivity index (χ2n) is 6.91. The molecule has 0 aliphatic heterocycles. The van der Waals surface area contributed by atoms with Gasteiger partial charge < -0.3 is 16.4 Å². The highest BCUT2D eigenvalue weighted by Crippen LogP contribution is 2.29. The predicted molar refractivity (Wildman–Crippen MR) is 104 cm³/mol. The third kappa shape index (κ3) is 7.09. The first kappa shape index (κ1) is 23.8. The summed E-state index contributed by atoms with van der Waals surface area (Å²) in [4.78, 5) is 36.0. The Morgan fingerprint density at radius 2 is 1.65 bits per heavy atom. The number of hydrogen-bond acceptors (Lipinski definition) is 3. The first-order valence-electron chi connectivity index (χ1n) is 9.23. The van der Waals surface area contributed by atoms with Gasteiger partial charge in [0, 0.05) is 19.8 Å². The van der Waals surface area contributed by atoms with Crippen LogP contribution in [0.3, 0.4) is 0 Å². The Hall–Kier alpha value is -3.43. The summed E-state index contributed by atoms with van der Waals surface area (Å²) in [7, 11) is 0. The van der Waals surface area contributed by atoms with Gasteiger partial charge in [-0.1, -0.05) is 36.4 Å². The zero-order valence-corrected chi connectivity index (χ0v) is 16.5. The largest absolute Gasteiger partial charge is 0.416 e. The van der Waals surface area contributed by atoms with Crippen molar-refractivity contribution in [2.75, 3.05) is 0 Å². The van der Waals surface area contributed by atoms with Crippen LogP contribution >= 0.6 is 0 Å². The van der Waals surface area contributed by atoms with Crippen LogP contribution in [0.5, 0.6) is 0 Å². The summed E-state index contributed by atoms with van der Waals surface area (Å²) in [5.41, 5.74) is 4.69. The summed E-state index contributed by atoms with van der Waals surface area (Å²) < 4.78 is 52.7. The molecule has 10 heteroatoms. The van der Waals surface area contributed by atoms with Gasteiger partial charge in [0.1, 0.15) is 17.9 Å². The molecule has 0 aliphatic rings. The molecule has 0 fully saturated rings. The Labute approximate surface area is 175 Å². The molecule has 3 amide bonds. The quantitative estimate of drug-likeness (QED) is 0.549. The van der Waals surface area contributed by atoms with E-state index in [-0.39, 0.29) is 24.0 Å². The van der Waals surface area contributed by atoms with E-state index >= 15 is 0 Å². The monoisotopic (exact) mass is 439 g/mol. The second kappa shape index (κ2) is 10.1. The minimum absolute atomic E-state index is 0.129. The van der Waals surface area contributed by atoms with E-state index in [9.17, 15) is 31.9 Å². The average molecular weight is 439 g/mol. The maximum Gasteiger partial charge on any atom is 0.416 e. The lowest BCUT2D eigenvalue weighted by Gasteiger charge is -2.22. The SMILES string of the molecule is CC(=O)N[C@H](Cc1ccccc1F)C(=O)N[C@@H](Cc1cccc(C(F)(F)F)c1)C(N)=O. The second-order valence-corrected chi connectivity index (χ2v) is 6.91. The molecule has 0 radical (unpaired) electrons. The van der Waals surface area contributed by atoms with Crippen LogP contribution < -0.4 is 16.4 Å². The molecule has 0 bridgehead atoms. The molecule has 2 rings (SSSR count). The molecule has 0 saturated carbocycles. The molecular weight excluding hydrogens is 418 g/mol. The van der Waals surface area contributed by atoms with Gasteiger partial charge >= 0.3 is 6.18 Å². The minimum atomic E-state index is -4.57. The fourth-order valence-electron chi connectivity index (χ4n) is 2.94. The van der Waals surface area contributed by atoms with Crippen molar-refractivity contribution in [1.82, 2.24) is 10.6 Å². The summed E-state index contributed by atoms with van der Waals surface area (Å²) in [5, 5.41) is 4.71. The van der Waals surface area contributed by atoms with Crippen molar-refractivity contribution < 1.29 is 31.9 Å². The van der Waals surface area contributed by atoms with Crippen molar-refractivity contribution >= 4 is 17.7 Å². The number of nitrogens with one attached hydrogen (secondary N) is 2. The van der Waals surface area contributed by atoms with Crippen molar-refractivity contribution in [2.24, 2.45) is 5.73 Å². The molecule has 2 atom stereocenters. The van der Waals surface area contributed by atoms with Gasteiger partial charge in [-0.15, -0.1) is 0 Å². The number of carbonyl (C=O) groups excluding carboxylic acids is 3. The van der Waals surface area contributed by atoms with Gasteiger partial charge in [-0.05, 0) is 23.3 Å². The third-order valence-corrected chi connectivity index (χ3v) is 4.43. The average Bonchev–Trinajstić information content (AvgIpc) is 2.67. The van der Waals surface area contributed by atoms with Gasteiger partial charge in [-0.25, -0.2) is 4.39 Å². The van der Waals surface area contributed by atoms with E-state index in [2.05, 4.69) is 10.6 Å². The zero-order valence-electron chi connectivity index (χ0n) is 16.5. The molecule has 0 saturated heterocycles. The molecule has 0 spiro atoms. The molecular formula is C21H21F4N3O3. The molecule has 4 N–H and O–H groups in total. The smallest absolute Gasteiger partial charge is 0.368 e. The van der Waals surface area contributed by atoms with Gasteiger partial charge in [0.05, 0.1) is 5.56 Å². The number of alkyl halides is 3. The molecule has 31 heavy (non-hydrogen) atoms. The van der Waals surface area contributed by atoms with Crippen LogP contribution in [0.25, 0.3) is 0 Å². The van der Waals surface area contributed by atoms with E-state index in [1.165, 1.54) is 30.3 Å². The Balaban J connectivity index is 2.19. The van der Waals surface area contributed by atoms with Crippen LogP contribution in [0.2, 0.25) is 0 Å². The summed E-state index contributed by atoms with van der Waals surface area (Å²) in [5.74, 6) is -2.95. The molecule has 0 unspecified atom stereocenters. The third-order valence-electron chi connectivity index (χ3n) is 4.43. The number of halogens is 4. The normalized spacial score (nSPS) is 13.2. The Morgan fingerprint density at radius 1 is 0.968 bits per heavy atom. The molecule has 0 heterocycles. The van der Waals surface area contributed by atoms with Crippen molar-refractivity contribution in [3.8, 4) is 0 Å². The molecule has 166 valence electrons. The van der Waals surface area contributed by atoms with Crippen LogP contribution in [-0.4, -0.2) is 29.8 Å². The number of primary amides is 1. The van der Waals surface area contributed by atoms with Gasteiger partial charge in [-0.2, -0.15) is 13.2 Å². The molecule has 6 nitrogen and oxygen atoms in total. The van der Waals surface area contributed by atoms with E-state index in [1.807, 2.05) is 0 Å². The molecule has 2 aromatic carbocycles. The predicted octanol–water partition coefficient (Wildman–Crippen LogP) is 2.10. The van der Waals surface area contributed by atoms with Crippen LogP contribution in [-0.2, 0) is 33.4 Å². The lowest BCUT2D eigenvalue weighted by Crippen LogP contribution is -2.54. The number of amides is 3. The summed E-state index contributed by atoms with van der Waals surface area (Å²) in [6, 6.07) is 7.36. The summed E-state index contributed by atoms with van der Waals surface area (Å²) in [6.07, 6.45) is -5.07. The molecule has 2 aromatic rings. The number of nitrogens with two attached hydrogens (primary N) is 1. The van der Waals surface area contributed by atoms with Crippen molar-refractivity contribution in [2.45, 2.75) is 38.0 Å². The highest BCUT2D eigenvalue weighted by Gasteiger charge is 2.31. The van der Waals surface area contributed by atoms with Crippen LogP contribution in [0.1, 0.15) is 23.6 Å². The van der Waals surface area contributed by atoms with Gasteiger partial charge in [0.2, 0.25) is 17.7 Å². The highest BCUT2D eigenvalue weighted by atomic mass is 19.4. The maximum atomic E-state index is 14.0. The van der Waals surface area contributed by atoms with E-state index in [4.69, 9.17) is 5.73 Å². The van der Waals surface area contributed by atoms with Crippen molar-refractivity contribution in [3.05, 3.63) is 71.0 Å². The van der Waals surface area contributed by atoms with Gasteiger partial charge in [0.15, 0.2) is 0 Å². The van der Waals surface area contributed by atoms with E-state index in [0.717, 1.165) is 19.1 Å². The topological polar surface area (TPSA) is 101 Å². The highest BCUT2D eigenvalue weighted by molar-refractivity contribution is 5.91. The minimum Gasteiger partial charge on any atom is -0.368 e. The Kier molecular flexibility index (Phi) is 7.73. The van der Waals surface area contributed by atoms with Gasteiger partial charge in [0.25, 0.3) is 0 Å². The van der Waals surface area contributed by atoms with Crippen LogP contribution in [0.4, 0.5) is 17.6 Å². The van der Waals surface area contributed by atoms with E-state index in [0.29, 0.717) is 0 Å². The first-order chi connectivity index (χ1) is 14.5. The Morgan fingerprint density at radius 3 is 2.23 bits per heavy atom. The number of benzene rings is 2. The van der Waals surface area contributed by atoms with Gasteiger partial charge in [-0.3, -0.25) is 14.4 Å². The van der Waals surface area contributed by atoms with Crippen LogP contribution in [0.15, 0.2) is 48.5 Å². The summed E-state index contributed by atoms with van der Waals surface area (Å²) >= 11 is 0. The molecule has 0 aromatic heterocycles. The maximum absolute atomic E-state index is 14.0. The molecule has 0 aliphatic carbocycles. The lowest BCUT2D eigenvalue weighted by atomic mass is 10.0. The van der Waals surface area contributed by atoms with E-state index < -0.39 is 47.4 Å². The fourth-order valence-corrected chi connectivity index (χ4v) is 2.94.